The highest BCUT2D eigenvalue weighted by atomic mass is 16.5. The van der Waals surface area contributed by atoms with E-state index >= 15 is 0 Å². The van der Waals surface area contributed by atoms with Gasteiger partial charge in [0.05, 0.1) is 26.5 Å². The Balaban J connectivity index is 1.97. The number of methoxy groups -OCH3 is 2. The molecule has 0 saturated heterocycles. The molecule has 0 aliphatic heterocycles. The molecule has 6 heteroatoms. The molecule has 0 aromatic heterocycles. The predicted octanol–water partition coefficient (Wildman–Crippen LogP) is 3.51. The number of hydrogen-bond acceptors (Lipinski definition) is 4. The third-order valence-electron chi connectivity index (χ3n) is 4.36. The molecule has 0 bridgehead atoms. The minimum atomic E-state index is -0.247. The smallest absolute Gasteiger partial charge is 0.244 e. The number of amides is 2. The van der Waals surface area contributed by atoms with Gasteiger partial charge in [0, 0.05) is 13.0 Å². The number of carbonyl (C=O) groups is 2. The molecule has 0 atom stereocenters. The van der Waals surface area contributed by atoms with Crippen molar-refractivity contribution >= 4 is 17.5 Å². The van der Waals surface area contributed by atoms with Crippen LogP contribution in [0.2, 0.25) is 0 Å². The monoisotopic (exact) mass is 384 g/mol. The summed E-state index contributed by atoms with van der Waals surface area (Å²) in [4.78, 5) is 26.8. The van der Waals surface area contributed by atoms with E-state index < -0.39 is 0 Å². The number of anilines is 1. The fourth-order valence-corrected chi connectivity index (χ4v) is 2.98. The van der Waals surface area contributed by atoms with E-state index in [1.54, 1.807) is 31.3 Å². The average Bonchev–Trinajstić information content (AvgIpc) is 2.72. The van der Waals surface area contributed by atoms with Gasteiger partial charge < -0.3 is 19.7 Å². The lowest BCUT2D eigenvalue weighted by Crippen LogP contribution is -2.38. The molecule has 0 aliphatic rings. The van der Waals surface area contributed by atoms with E-state index in [9.17, 15) is 9.59 Å². The summed E-state index contributed by atoms with van der Waals surface area (Å²) in [5.41, 5.74) is 1.57. The van der Waals surface area contributed by atoms with Gasteiger partial charge in [-0.15, -0.1) is 0 Å². The Hall–Kier alpha value is -3.02. The molecular formula is C22H28N2O4. The Morgan fingerprint density at radius 1 is 0.964 bits per heavy atom. The topological polar surface area (TPSA) is 67.9 Å². The fourth-order valence-electron chi connectivity index (χ4n) is 2.98. The summed E-state index contributed by atoms with van der Waals surface area (Å²) in [6, 6.07) is 14.8. The molecule has 2 amide bonds. The van der Waals surface area contributed by atoms with E-state index in [4.69, 9.17) is 9.47 Å². The van der Waals surface area contributed by atoms with Crippen molar-refractivity contribution in [3.05, 3.63) is 54.1 Å². The summed E-state index contributed by atoms with van der Waals surface area (Å²) < 4.78 is 10.6. The normalized spacial score (nSPS) is 10.2. The van der Waals surface area contributed by atoms with Crippen LogP contribution in [0.5, 0.6) is 11.5 Å². The molecule has 0 unspecified atom stereocenters. The lowest BCUT2D eigenvalue weighted by molar-refractivity contribution is -0.134. The second-order valence-electron chi connectivity index (χ2n) is 6.38. The van der Waals surface area contributed by atoms with E-state index in [0.717, 1.165) is 17.7 Å². The highest BCUT2D eigenvalue weighted by Crippen LogP contribution is 2.23. The van der Waals surface area contributed by atoms with Crippen molar-refractivity contribution in [2.45, 2.75) is 26.2 Å². The molecule has 0 heterocycles. The Kier molecular flexibility index (Phi) is 8.34. The maximum atomic E-state index is 12.7. The Morgan fingerprint density at radius 3 is 2.29 bits per heavy atom. The van der Waals surface area contributed by atoms with E-state index in [1.807, 2.05) is 43.3 Å². The molecule has 0 fully saturated rings. The molecule has 2 rings (SSSR count). The van der Waals surface area contributed by atoms with Gasteiger partial charge in [-0.2, -0.15) is 0 Å². The maximum Gasteiger partial charge on any atom is 0.244 e. The summed E-state index contributed by atoms with van der Waals surface area (Å²) in [6.07, 6.45) is 1.67. The van der Waals surface area contributed by atoms with Gasteiger partial charge in [0.25, 0.3) is 0 Å². The summed E-state index contributed by atoms with van der Waals surface area (Å²) in [7, 11) is 3.17. The van der Waals surface area contributed by atoms with Crippen LogP contribution in [-0.4, -0.2) is 44.0 Å². The first-order valence-electron chi connectivity index (χ1n) is 9.41. The van der Waals surface area contributed by atoms with E-state index in [1.165, 1.54) is 0 Å². The molecule has 150 valence electrons. The van der Waals surface area contributed by atoms with Gasteiger partial charge in [-0.05, 0) is 36.6 Å². The van der Waals surface area contributed by atoms with Gasteiger partial charge >= 0.3 is 0 Å². The van der Waals surface area contributed by atoms with Gasteiger partial charge in [0.15, 0.2) is 0 Å². The standard InChI is InChI=1S/C22H28N2O4/c1-4-15-24(16-21(25)23-18-10-6-8-12-20(18)28-3)22(26)14-13-17-9-5-7-11-19(17)27-2/h5-12H,4,13-16H2,1-3H3,(H,23,25). The van der Waals surface area contributed by atoms with Crippen LogP contribution in [-0.2, 0) is 16.0 Å². The third-order valence-corrected chi connectivity index (χ3v) is 4.36. The first-order chi connectivity index (χ1) is 13.6. The predicted molar refractivity (Wildman–Crippen MR) is 110 cm³/mol. The van der Waals surface area contributed by atoms with Crippen LogP contribution < -0.4 is 14.8 Å². The molecule has 28 heavy (non-hydrogen) atoms. The first kappa shape index (κ1) is 21.3. The van der Waals surface area contributed by atoms with Crippen molar-refractivity contribution in [3.8, 4) is 11.5 Å². The van der Waals surface area contributed by atoms with Crippen LogP contribution in [0.3, 0.4) is 0 Å². The van der Waals surface area contributed by atoms with Crippen molar-refractivity contribution in [3.63, 3.8) is 0 Å². The number of benzene rings is 2. The maximum absolute atomic E-state index is 12.7. The number of nitrogens with zero attached hydrogens (tertiary/aromatic N) is 1. The van der Waals surface area contributed by atoms with Gasteiger partial charge in [0.2, 0.25) is 11.8 Å². The second-order valence-corrected chi connectivity index (χ2v) is 6.38. The summed E-state index contributed by atoms with van der Waals surface area (Å²) >= 11 is 0. The summed E-state index contributed by atoms with van der Waals surface area (Å²) in [6.45, 7) is 2.53. The van der Waals surface area contributed by atoms with E-state index in [-0.39, 0.29) is 18.4 Å². The van der Waals surface area contributed by atoms with Crippen LogP contribution in [0.4, 0.5) is 5.69 Å². The van der Waals surface area contributed by atoms with E-state index in [2.05, 4.69) is 5.32 Å². The number of hydrogen-bond donors (Lipinski definition) is 1. The van der Waals surface area contributed by atoms with Crippen LogP contribution in [0.1, 0.15) is 25.3 Å². The minimum absolute atomic E-state index is 0.0106. The van der Waals surface area contributed by atoms with Crippen LogP contribution in [0.25, 0.3) is 0 Å². The van der Waals surface area contributed by atoms with Gasteiger partial charge in [-0.1, -0.05) is 37.3 Å². The van der Waals surface area contributed by atoms with Crippen molar-refractivity contribution in [2.75, 3.05) is 32.6 Å². The van der Waals surface area contributed by atoms with Crippen LogP contribution >= 0.6 is 0 Å². The quantitative estimate of drug-likeness (QED) is 0.681. The zero-order valence-corrected chi connectivity index (χ0v) is 16.7. The molecule has 0 aliphatic carbocycles. The number of aryl methyl sites for hydroxylation is 1. The van der Waals surface area contributed by atoms with Gasteiger partial charge in [0.1, 0.15) is 11.5 Å². The second kappa shape index (κ2) is 11.0. The molecule has 0 radical (unpaired) electrons. The van der Waals surface area contributed by atoms with Crippen molar-refractivity contribution in [1.29, 1.82) is 0 Å². The zero-order valence-electron chi connectivity index (χ0n) is 16.7. The largest absolute Gasteiger partial charge is 0.496 e. The van der Waals surface area contributed by atoms with Crippen LogP contribution in [0.15, 0.2) is 48.5 Å². The van der Waals surface area contributed by atoms with Crippen molar-refractivity contribution in [1.82, 2.24) is 4.90 Å². The fraction of sp³-hybridized carbons (Fsp3) is 0.364. The molecular weight excluding hydrogens is 356 g/mol. The Morgan fingerprint density at radius 2 is 1.61 bits per heavy atom. The summed E-state index contributed by atoms with van der Waals surface area (Å²) in [5.74, 6) is 1.05. The number of carbonyl (C=O) groups excluding carboxylic acids is 2. The first-order valence-corrected chi connectivity index (χ1v) is 9.41. The third kappa shape index (κ3) is 6.01. The molecule has 0 spiro atoms. The minimum Gasteiger partial charge on any atom is -0.496 e. The number of rotatable bonds is 10. The Labute approximate surface area is 166 Å². The van der Waals surface area contributed by atoms with Crippen molar-refractivity contribution in [2.24, 2.45) is 0 Å². The average molecular weight is 384 g/mol. The highest BCUT2D eigenvalue weighted by molar-refractivity contribution is 5.95. The molecule has 1 N–H and O–H groups in total. The highest BCUT2D eigenvalue weighted by Gasteiger charge is 2.18. The summed E-state index contributed by atoms with van der Waals surface area (Å²) in [5, 5.41) is 2.82. The Bertz CT molecular complexity index is 792. The molecule has 2 aromatic carbocycles. The number of ether oxygens (including phenoxy) is 2. The zero-order chi connectivity index (χ0) is 20.4. The SMILES string of the molecule is CCCN(CC(=O)Nc1ccccc1OC)C(=O)CCc1ccccc1OC. The van der Waals surface area contributed by atoms with E-state index in [0.29, 0.717) is 30.8 Å². The lowest BCUT2D eigenvalue weighted by Gasteiger charge is -2.22. The van der Waals surface area contributed by atoms with Gasteiger partial charge in [-0.3, -0.25) is 9.59 Å². The van der Waals surface area contributed by atoms with Crippen LogP contribution in [0, 0.1) is 0 Å². The number of para-hydroxylation sites is 3. The molecule has 6 nitrogen and oxygen atoms in total. The van der Waals surface area contributed by atoms with Gasteiger partial charge in [-0.25, -0.2) is 0 Å². The molecule has 2 aromatic rings. The van der Waals surface area contributed by atoms with Crippen molar-refractivity contribution < 1.29 is 19.1 Å². The lowest BCUT2D eigenvalue weighted by atomic mass is 10.1. The number of nitrogens with one attached hydrogen (secondary N) is 1. The molecule has 0 saturated carbocycles.